The first-order valence-electron chi connectivity index (χ1n) is 4.62. The van der Waals surface area contributed by atoms with E-state index in [1.54, 1.807) is 18.7 Å². The van der Waals surface area contributed by atoms with Crippen LogP contribution in [-0.2, 0) is 9.53 Å². The lowest BCUT2D eigenvalue weighted by molar-refractivity contribution is -0.140. The molecule has 1 rings (SSSR count). The summed E-state index contributed by atoms with van der Waals surface area (Å²) in [4.78, 5) is 10.5. The van der Waals surface area contributed by atoms with Gasteiger partial charge in [0.25, 0.3) is 0 Å². The third-order valence-corrected chi connectivity index (χ3v) is 3.46. The summed E-state index contributed by atoms with van der Waals surface area (Å²) < 4.78 is 5.43. The molecular weight excluding hydrogens is 188 g/mol. The molecule has 0 aromatic rings. The van der Waals surface area contributed by atoms with Crippen LogP contribution in [0.25, 0.3) is 0 Å². The molecule has 4 heteroatoms. The van der Waals surface area contributed by atoms with E-state index >= 15 is 0 Å². The molecule has 13 heavy (non-hydrogen) atoms. The van der Waals surface area contributed by atoms with E-state index in [0.29, 0.717) is 11.9 Å². The molecular formula is C9H16O3S. The van der Waals surface area contributed by atoms with Crippen LogP contribution in [0.1, 0.15) is 19.8 Å². The number of hydrogen-bond donors (Lipinski definition) is 1. The van der Waals surface area contributed by atoms with Crippen LogP contribution in [0.5, 0.6) is 0 Å². The van der Waals surface area contributed by atoms with E-state index in [9.17, 15) is 4.79 Å². The van der Waals surface area contributed by atoms with Gasteiger partial charge in [-0.3, -0.25) is 4.79 Å². The lowest BCUT2D eigenvalue weighted by atomic mass is 10.2. The number of hydrogen-bond acceptors (Lipinski definition) is 3. The molecule has 76 valence electrons. The fourth-order valence-electron chi connectivity index (χ4n) is 1.22. The van der Waals surface area contributed by atoms with Gasteiger partial charge in [0, 0.05) is 18.1 Å². The predicted octanol–water partition coefficient (Wildman–Crippen LogP) is 1.62. The third kappa shape index (κ3) is 4.00. The molecule has 0 amide bonds. The van der Waals surface area contributed by atoms with Gasteiger partial charge in [0.1, 0.15) is 0 Å². The highest BCUT2D eigenvalue weighted by molar-refractivity contribution is 7.99. The Morgan fingerprint density at radius 3 is 3.08 bits per heavy atom. The topological polar surface area (TPSA) is 46.5 Å². The summed E-state index contributed by atoms with van der Waals surface area (Å²) in [5.74, 6) is 0.679. The number of carboxylic acid groups (broad SMARTS) is 1. The van der Waals surface area contributed by atoms with Crippen LogP contribution in [0, 0.1) is 5.92 Å². The second-order valence-corrected chi connectivity index (χ2v) is 4.49. The third-order valence-electron chi connectivity index (χ3n) is 2.12. The average molecular weight is 204 g/mol. The van der Waals surface area contributed by atoms with Crippen molar-refractivity contribution in [3.8, 4) is 0 Å². The maximum atomic E-state index is 10.5. The number of ether oxygens (including phenoxy) is 1. The Kier molecular flexibility index (Phi) is 4.59. The standard InChI is InChI=1S/C9H16O3S/c1-7(9(10)11)5-13-6-8-3-2-4-12-8/h7-8H,2-6H2,1H3,(H,10,11). The molecule has 0 radical (unpaired) electrons. The Labute approximate surface area is 82.8 Å². The molecule has 2 unspecified atom stereocenters. The van der Waals surface area contributed by atoms with E-state index in [2.05, 4.69) is 0 Å². The zero-order valence-electron chi connectivity index (χ0n) is 7.86. The maximum Gasteiger partial charge on any atom is 0.307 e. The van der Waals surface area contributed by atoms with Gasteiger partial charge in [-0.1, -0.05) is 6.92 Å². The van der Waals surface area contributed by atoms with Crippen molar-refractivity contribution in [2.45, 2.75) is 25.9 Å². The van der Waals surface area contributed by atoms with Crippen LogP contribution in [0.2, 0.25) is 0 Å². The van der Waals surface area contributed by atoms with Crippen LogP contribution >= 0.6 is 11.8 Å². The first-order chi connectivity index (χ1) is 6.20. The summed E-state index contributed by atoms with van der Waals surface area (Å²) in [6, 6.07) is 0. The molecule has 1 fully saturated rings. The van der Waals surface area contributed by atoms with E-state index in [0.717, 1.165) is 25.2 Å². The molecule has 0 saturated carbocycles. The number of rotatable bonds is 5. The van der Waals surface area contributed by atoms with Crippen LogP contribution in [0.4, 0.5) is 0 Å². The van der Waals surface area contributed by atoms with Crippen LogP contribution < -0.4 is 0 Å². The Morgan fingerprint density at radius 1 is 1.77 bits per heavy atom. The molecule has 1 aliphatic rings. The molecule has 0 aliphatic carbocycles. The van der Waals surface area contributed by atoms with E-state index in [1.807, 2.05) is 0 Å². The molecule has 0 spiro atoms. The van der Waals surface area contributed by atoms with Gasteiger partial charge in [0.05, 0.1) is 12.0 Å². The van der Waals surface area contributed by atoms with Gasteiger partial charge in [-0.05, 0) is 12.8 Å². The smallest absolute Gasteiger partial charge is 0.307 e. The SMILES string of the molecule is CC(CSCC1CCCO1)C(=O)O. The minimum Gasteiger partial charge on any atom is -0.481 e. The van der Waals surface area contributed by atoms with Crippen molar-refractivity contribution in [2.75, 3.05) is 18.1 Å². The lowest BCUT2D eigenvalue weighted by Crippen LogP contribution is -2.15. The highest BCUT2D eigenvalue weighted by atomic mass is 32.2. The van der Waals surface area contributed by atoms with Crippen molar-refractivity contribution in [2.24, 2.45) is 5.92 Å². The highest BCUT2D eigenvalue weighted by Crippen LogP contribution is 2.18. The van der Waals surface area contributed by atoms with Gasteiger partial charge in [-0.2, -0.15) is 11.8 Å². The zero-order chi connectivity index (χ0) is 9.68. The first kappa shape index (κ1) is 10.9. The number of carbonyl (C=O) groups is 1. The minimum absolute atomic E-state index is 0.244. The van der Waals surface area contributed by atoms with Crippen molar-refractivity contribution >= 4 is 17.7 Å². The summed E-state index contributed by atoms with van der Waals surface area (Å²) in [5.41, 5.74) is 0. The van der Waals surface area contributed by atoms with Crippen molar-refractivity contribution < 1.29 is 14.6 Å². The largest absolute Gasteiger partial charge is 0.481 e. The van der Waals surface area contributed by atoms with E-state index in [4.69, 9.17) is 9.84 Å². The Morgan fingerprint density at radius 2 is 2.54 bits per heavy atom. The lowest BCUT2D eigenvalue weighted by Gasteiger charge is -2.09. The van der Waals surface area contributed by atoms with Gasteiger partial charge in [-0.25, -0.2) is 0 Å². The zero-order valence-corrected chi connectivity index (χ0v) is 8.68. The summed E-state index contributed by atoms with van der Waals surface area (Å²) in [6.07, 6.45) is 2.65. The van der Waals surface area contributed by atoms with Gasteiger partial charge in [-0.15, -0.1) is 0 Å². The second kappa shape index (κ2) is 5.50. The van der Waals surface area contributed by atoms with Gasteiger partial charge in [0.2, 0.25) is 0 Å². The van der Waals surface area contributed by atoms with Gasteiger partial charge < -0.3 is 9.84 Å². The fourth-order valence-corrected chi connectivity index (χ4v) is 2.38. The van der Waals surface area contributed by atoms with Gasteiger partial charge in [0.15, 0.2) is 0 Å². The summed E-state index contributed by atoms with van der Waals surface area (Å²) >= 11 is 1.68. The van der Waals surface area contributed by atoms with Crippen LogP contribution in [0.3, 0.4) is 0 Å². The van der Waals surface area contributed by atoms with E-state index in [1.165, 1.54) is 0 Å². The molecule has 1 saturated heterocycles. The summed E-state index contributed by atoms with van der Waals surface area (Å²) in [6.45, 7) is 2.62. The summed E-state index contributed by atoms with van der Waals surface area (Å²) in [7, 11) is 0. The Bertz CT molecular complexity index is 166. The number of thioether (sulfide) groups is 1. The van der Waals surface area contributed by atoms with E-state index in [-0.39, 0.29) is 5.92 Å². The first-order valence-corrected chi connectivity index (χ1v) is 5.77. The summed E-state index contributed by atoms with van der Waals surface area (Å²) in [5, 5.41) is 8.63. The van der Waals surface area contributed by atoms with Crippen molar-refractivity contribution in [1.29, 1.82) is 0 Å². The Hall–Kier alpha value is -0.220. The van der Waals surface area contributed by atoms with Crippen LogP contribution in [-0.4, -0.2) is 35.3 Å². The molecule has 1 aliphatic heterocycles. The van der Waals surface area contributed by atoms with Crippen molar-refractivity contribution in [3.63, 3.8) is 0 Å². The molecule has 1 heterocycles. The molecule has 2 atom stereocenters. The second-order valence-electron chi connectivity index (χ2n) is 3.41. The number of aliphatic carboxylic acids is 1. The van der Waals surface area contributed by atoms with Gasteiger partial charge >= 0.3 is 5.97 Å². The fraction of sp³-hybridized carbons (Fsp3) is 0.889. The molecule has 3 nitrogen and oxygen atoms in total. The minimum atomic E-state index is -0.708. The molecule has 0 aromatic heterocycles. The van der Waals surface area contributed by atoms with Crippen molar-refractivity contribution in [3.05, 3.63) is 0 Å². The normalized spacial score (nSPS) is 24.5. The quantitative estimate of drug-likeness (QED) is 0.739. The highest BCUT2D eigenvalue weighted by Gasteiger charge is 2.17. The molecule has 0 aromatic carbocycles. The average Bonchev–Trinajstić information content (AvgIpc) is 2.56. The Balaban J connectivity index is 2.02. The predicted molar refractivity (Wildman–Crippen MR) is 53.1 cm³/mol. The number of carboxylic acids is 1. The molecule has 0 bridgehead atoms. The van der Waals surface area contributed by atoms with Crippen molar-refractivity contribution in [1.82, 2.24) is 0 Å². The van der Waals surface area contributed by atoms with E-state index < -0.39 is 5.97 Å². The molecule has 1 N–H and O–H groups in total. The maximum absolute atomic E-state index is 10.5. The van der Waals surface area contributed by atoms with Crippen LogP contribution in [0.15, 0.2) is 0 Å². The monoisotopic (exact) mass is 204 g/mol.